The number of furan rings is 1. The van der Waals surface area contributed by atoms with E-state index in [4.69, 9.17) is 9.52 Å². The highest BCUT2D eigenvalue weighted by Gasteiger charge is 2.41. The van der Waals surface area contributed by atoms with E-state index in [1.165, 1.54) is 12.1 Å². The molecule has 2 amide bonds. The quantitative estimate of drug-likeness (QED) is 0.828. The Morgan fingerprint density at radius 1 is 1.38 bits per heavy atom. The Hall–Kier alpha value is -2.31. The van der Waals surface area contributed by atoms with Crippen molar-refractivity contribution < 1.29 is 23.9 Å². The highest BCUT2D eigenvalue weighted by molar-refractivity contribution is 5.89. The summed E-state index contributed by atoms with van der Waals surface area (Å²) in [6.07, 6.45) is 2.32. The number of hydrogen-bond acceptors (Lipinski definition) is 4. The van der Waals surface area contributed by atoms with Crippen LogP contribution in [0, 0.1) is 5.92 Å². The second kappa shape index (κ2) is 5.23. The molecule has 1 aliphatic carbocycles. The molecular weight excluding hydrogens is 276 g/mol. The van der Waals surface area contributed by atoms with E-state index in [1.807, 2.05) is 0 Å². The van der Waals surface area contributed by atoms with Gasteiger partial charge >= 0.3 is 5.97 Å². The minimum Gasteiger partial charge on any atom is -0.475 e. The van der Waals surface area contributed by atoms with Crippen molar-refractivity contribution in [2.24, 2.45) is 5.92 Å². The third-order valence-electron chi connectivity index (χ3n) is 3.83. The number of amides is 2. The first-order chi connectivity index (χ1) is 10.0. The number of aromatic carboxylic acids is 1. The lowest BCUT2D eigenvalue weighted by atomic mass is 10.1. The molecule has 7 heteroatoms. The average Bonchev–Trinajstić information content (AvgIpc) is 3.03. The molecule has 0 bridgehead atoms. The van der Waals surface area contributed by atoms with Gasteiger partial charge in [-0.2, -0.15) is 0 Å². The normalized spacial score (nSPS) is 21.6. The van der Waals surface area contributed by atoms with Crippen molar-refractivity contribution in [1.82, 2.24) is 10.2 Å². The molecule has 0 spiro atoms. The zero-order chi connectivity index (χ0) is 15.0. The number of nitrogens with one attached hydrogen (secondary N) is 1. The van der Waals surface area contributed by atoms with Crippen LogP contribution in [0.3, 0.4) is 0 Å². The van der Waals surface area contributed by atoms with Crippen molar-refractivity contribution >= 4 is 17.8 Å². The van der Waals surface area contributed by atoms with E-state index in [0.29, 0.717) is 18.3 Å². The highest BCUT2D eigenvalue weighted by atomic mass is 16.4. The number of carboxylic acids is 1. The summed E-state index contributed by atoms with van der Waals surface area (Å²) in [6, 6.07) is 3.19. The Balaban J connectivity index is 1.52. The van der Waals surface area contributed by atoms with Crippen LogP contribution in [0.4, 0.5) is 0 Å². The number of carbonyl (C=O) groups is 3. The second-order valence-corrected chi connectivity index (χ2v) is 5.47. The number of carbonyl (C=O) groups excluding carboxylic acids is 2. The molecule has 21 heavy (non-hydrogen) atoms. The van der Waals surface area contributed by atoms with Gasteiger partial charge in [-0.1, -0.05) is 0 Å². The third kappa shape index (κ3) is 2.91. The van der Waals surface area contributed by atoms with Crippen molar-refractivity contribution in [2.45, 2.75) is 31.8 Å². The molecule has 2 aliphatic rings. The lowest BCUT2D eigenvalue weighted by Crippen LogP contribution is -2.33. The van der Waals surface area contributed by atoms with Gasteiger partial charge in [0.15, 0.2) is 0 Å². The molecule has 1 aromatic heterocycles. The molecule has 1 atom stereocenters. The average molecular weight is 292 g/mol. The molecule has 1 aromatic rings. The van der Waals surface area contributed by atoms with Crippen LogP contribution in [-0.2, 0) is 16.1 Å². The fourth-order valence-corrected chi connectivity index (χ4v) is 2.55. The summed E-state index contributed by atoms with van der Waals surface area (Å²) in [5.74, 6) is -1.40. The first kappa shape index (κ1) is 13.7. The summed E-state index contributed by atoms with van der Waals surface area (Å²) in [7, 11) is 0. The van der Waals surface area contributed by atoms with Crippen LogP contribution in [0.1, 0.15) is 35.6 Å². The number of hydrogen-bond donors (Lipinski definition) is 2. The van der Waals surface area contributed by atoms with Gasteiger partial charge in [-0.05, 0) is 25.0 Å². The fraction of sp³-hybridized carbons (Fsp3) is 0.500. The molecule has 1 unspecified atom stereocenters. The summed E-state index contributed by atoms with van der Waals surface area (Å²) in [4.78, 5) is 36.3. The first-order valence-corrected chi connectivity index (χ1v) is 6.94. The molecule has 1 saturated carbocycles. The molecule has 2 N–H and O–H groups in total. The van der Waals surface area contributed by atoms with E-state index in [-0.39, 0.29) is 36.5 Å². The standard InChI is InChI=1S/C14H16N2O5/c17-12-5-8(7-16(12)9-1-2-9)13(18)15-6-10-3-4-11(21-10)14(19)20/h3-4,8-9H,1-2,5-7H2,(H,15,18)(H,19,20). The monoisotopic (exact) mass is 292 g/mol. The van der Waals surface area contributed by atoms with Gasteiger partial charge in [0.2, 0.25) is 17.6 Å². The van der Waals surface area contributed by atoms with Gasteiger partial charge in [0.05, 0.1) is 12.5 Å². The second-order valence-electron chi connectivity index (χ2n) is 5.47. The van der Waals surface area contributed by atoms with Gasteiger partial charge < -0.3 is 19.7 Å². The minimum atomic E-state index is -1.14. The van der Waals surface area contributed by atoms with Crippen LogP contribution in [0.15, 0.2) is 16.5 Å². The van der Waals surface area contributed by atoms with Crippen LogP contribution in [0.2, 0.25) is 0 Å². The maximum Gasteiger partial charge on any atom is 0.371 e. The Bertz CT molecular complexity index is 590. The molecule has 7 nitrogen and oxygen atoms in total. The molecule has 3 rings (SSSR count). The van der Waals surface area contributed by atoms with E-state index >= 15 is 0 Å². The van der Waals surface area contributed by atoms with Gasteiger partial charge in [-0.3, -0.25) is 9.59 Å². The molecule has 2 fully saturated rings. The predicted octanol–water partition coefficient (Wildman–Crippen LogP) is 0.605. The Labute approximate surface area is 120 Å². The Morgan fingerprint density at radius 3 is 2.76 bits per heavy atom. The summed E-state index contributed by atoms with van der Waals surface area (Å²) >= 11 is 0. The van der Waals surface area contributed by atoms with Crippen LogP contribution in [0.25, 0.3) is 0 Å². The number of rotatable bonds is 5. The Kier molecular flexibility index (Phi) is 3.40. The zero-order valence-electron chi connectivity index (χ0n) is 11.4. The van der Waals surface area contributed by atoms with Crippen LogP contribution in [0.5, 0.6) is 0 Å². The molecule has 1 aliphatic heterocycles. The molecule has 2 heterocycles. The van der Waals surface area contributed by atoms with Gasteiger partial charge in [0.1, 0.15) is 5.76 Å². The van der Waals surface area contributed by atoms with Crippen LogP contribution >= 0.6 is 0 Å². The number of nitrogens with zero attached hydrogens (tertiary/aromatic N) is 1. The zero-order valence-corrected chi connectivity index (χ0v) is 11.4. The van der Waals surface area contributed by atoms with Crippen LogP contribution < -0.4 is 5.32 Å². The van der Waals surface area contributed by atoms with Gasteiger partial charge in [-0.15, -0.1) is 0 Å². The van der Waals surface area contributed by atoms with Gasteiger partial charge in [-0.25, -0.2) is 4.79 Å². The van der Waals surface area contributed by atoms with Crippen molar-refractivity contribution in [3.8, 4) is 0 Å². The van der Waals surface area contributed by atoms with Crippen molar-refractivity contribution in [2.75, 3.05) is 6.54 Å². The predicted molar refractivity (Wildman–Crippen MR) is 70.4 cm³/mol. The highest BCUT2D eigenvalue weighted by Crippen LogP contribution is 2.32. The smallest absolute Gasteiger partial charge is 0.371 e. The summed E-state index contributed by atoms with van der Waals surface area (Å²) in [5.41, 5.74) is 0. The molecule has 0 aromatic carbocycles. The number of likely N-dealkylation sites (tertiary alicyclic amines) is 1. The van der Waals surface area contributed by atoms with E-state index in [2.05, 4.69) is 5.32 Å². The van der Waals surface area contributed by atoms with Crippen molar-refractivity contribution in [3.63, 3.8) is 0 Å². The first-order valence-electron chi connectivity index (χ1n) is 6.94. The van der Waals surface area contributed by atoms with Crippen molar-refractivity contribution in [3.05, 3.63) is 23.7 Å². The Morgan fingerprint density at radius 2 is 2.14 bits per heavy atom. The molecular formula is C14H16N2O5. The maximum atomic E-state index is 12.0. The van der Waals surface area contributed by atoms with E-state index in [1.54, 1.807) is 4.90 Å². The van der Waals surface area contributed by atoms with E-state index in [9.17, 15) is 14.4 Å². The molecule has 1 saturated heterocycles. The van der Waals surface area contributed by atoms with Crippen molar-refractivity contribution in [1.29, 1.82) is 0 Å². The summed E-state index contributed by atoms with van der Waals surface area (Å²) in [6.45, 7) is 0.605. The maximum absolute atomic E-state index is 12.0. The van der Waals surface area contributed by atoms with E-state index < -0.39 is 5.97 Å². The topological polar surface area (TPSA) is 99.8 Å². The lowest BCUT2D eigenvalue weighted by Gasteiger charge is -2.15. The minimum absolute atomic E-state index is 0.0452. The molecule has 112 valence electrons. The largest absolute Gasteiger partial charge is 0.475 e. The van der Waals surface area contributed by atoms with Gasteiger partial charge in [0.25, 0.3) is 0 Å². The van der Waals surface area contributed by atoms with Crippen LogP contribution in [-0.4, -0.2) is 40.4 Å². The number of carboxylic acid groups (broad SMARTS) is 1. The SMILES string of the molecule is O=C(O)c1ccc(CNC(=O)C2CC(=O)N(C3CC3)C2)o1. The summed E-state index contributed by atoms with van der Waals surface area (Å²) in [5, 5.41) is 11.4. The van der Waals surface area contributed by atoms with E-state index in [0.717, 1.165) is 12.8 Å². The van der Waals surface area contributed by atoms with Gasteiger partial charge in [0, 0.05) is 19.0 Å². The lowest BCUT2D eigenvalue weighted by molar-refractivity contribution is -0.129. The molecule has 0 radical (unpaired) electrons. The third-order valence-corrected chi connectivity index (χ3v) is 3.83. The summed E-state index contributed by atoms with van der Waals surface area (Å²) < 4.78 is 5.06. The fourth-order valence-electron chi connectivity index (χ4n) is 2.55.